The van der Waals surface area contributed by atoms with Gasteiger partial charge in [0.05, 0.1) is 9.50 Å². The first-order valence-corrected chi connectivity index (χ1v) is 4.10. The second-order valence-corrected chi connectivity index (χ2v) is 3.16. The molecule has 0 saturated heterocycles. The molecule has 2 nitrogen and oxygen atoms in total. The smallest absolute Gasteiger partial charge is 0.534 e. The molecule has 1 aromatic rings. The van der Waals surface area contributed by atoms with Gasteiger partial charge in [0.25, 0.3) is 0 Å². The maximum Gasteiger partial charge on any atom is 0.569 e. The van der Waals surface area contributed by atoms with Gasteiger partial charge in [-0.05, 0) is 28.1 Å². The van der Waals surface area contributed by atoms with Crippen LogP contribution in [0.2, 0.25) is 5.02 Å². The summed E-state index contributed by atoms with van der Waals surface area (Å²) in [5, 5.41) is 8.37. The molecule has 0 fully saturated rings. The Morgan fingerprint density at radius 1 is 1.58 bits per heavy atom. The van der Waals surface area contributed by atoms with Crippen molar-refractivity contribution in [2.75, 3.05) is 0 Å². The molecule has 0 saturated carbocycles. The van der Waals surface area contributed by atoms with E-state index in [0.29, 0.717) is 7.69 Å². The molecule has 0 aromatic heterocycles. The zero-order valence-corrected chi connectivity index (χ0v) is 8.06. The number of halogens is 3. The Kier molecular flexibility index (Phi) is 3.37. The first-order chi connectivity index (χ1) is 5.66. The van der Waals surface area contributed by atoms with Gasteiger partial charge in [0.2, 0.25) is 0 Å². The molecule has 1 N–H and O–H groups in total. The van der Waals surface area contributed by atoms with Crippen molar-refractivity contribution in [2.24, 2.45) is 0 Å². The average molecular weight is 252 g/mol. The maximum absolute atomic E-state index is 13.1. The van der Waals surface area contributed by atoms with Crippen LogP contribution in [0.4, 0.5) is 4.39 Å². The highest BCUT2D eigenvalue weighted by molar-refractivity contribution is 9.10. The largest absolute Gasteiger partial charge is 0.569 e. The Balaban J connectivity index is 3.14. The summed E-state index contributed by atoms with van der Waals surface area (Å²) in [6, 6.07) is 2.90. The molecule has 0 amide bonds. The highest BCUT2D eigenvalue weighted by Gasteiger charge is 2.11. The lowest BCUT2D eigenvalue weighted by atomic mass is 10.3. The zero-order valence-electron chi connectivity index (χ0n) is 5.72. The van der Waals surface area contributed by atoms with Crippen LogP contribution in [0.25, 0.3) is 0 Å². The summed E-state index contributed by atoms with van der Waals surface area (Å²) in [6.45, 7) is 0. The van der Waals surface area contributed by atoms with Gasteiger partial charge in [0, 0.05) is 0 Å². The van der Waals surface area contributed by atoms with Gasteiger partial charge in [-0.15, -0.1) is 0 Å². The predicted molar refractivity (Wildman–Crippen MR) is 47.7 cm³/mol. The fourth-order valence-corrected chi connectivity index (χ4v) is 1.17. The second kappa shape index (κ2) is 4.12. The van der Waals surface area contributed by atoms with Crippen molar-refractivity contribution in [1.82, 2.24) is 0 Å². The molecule has 0 aliphatic rings. The normalized spacial score (nSPS) is 9.67. The molecule has 0 atom stereocenters. The Hall–Kier alpha value is -0.255. The molecule has 0 aliphatic carbocycles. The Labute approximate surface area is 82.7 Å². The van der Waals surface area contributed by atoms with Crippen LogP contribution in [0.5, 0.6) is 5.75 Å². The van der Waals surface area contributed by atoms with Crippen LogP contribution in [0.3, 0.4) is 0 Å². The molecule has 63 valence electrons. The van der Waals surface area contributed by atoms with Crippen LogP contribution in [0.15, 0.2) is 16.6 Å². The van der Waals surface area contributed by atoms with Crippen LogP contribution < -0.4 is 4.65 Å². The topological polar surface area (TPSA) is 29.5 Å². The molecule has 0 unspecified atom stereocenters. The van der Waals surface area contributed by atoms with Crippen LogP contribution >= 0.6 is 27.5 Å². The van der Waals surface area contributed by atoms with E-state index in [0.717, 1.165) is 0 Å². The van der Waals surface area contributed by atoms with Crippen LogP contribution in [0, 0.1) is 5.82 Å². The standard InChI is InChI=1S/C6H3BBrClFO2/c8-3-1-2-4(9)6(5(3)10)12-7-11/h1-2,11H. The molecule has 1 radical (unpaired) electrons. The molecule has 1 aromatic carbocycles. The third-order valence-electron chi connectivity index (χ3n) is 1.17. The summed E-state index contributed by atoms with van der Waals surface area (Å²) in [7, 11) is 0.372. The summed E-state index contributed by atoms with van der Waals surface area (Å²) >= 11 is 8.50. The minimum atomic E-state index is -0.646. The van der Waals surface area contributed by atoms with Crippen LogP contribution in [-0.2, 0) is 0 Å². The van der Waals surface area contributed by atoms with E-state index in [1.165, 1.54) is 12.1 Å². The van der Waals surface area contributed by atoms with Gasteiger partial charge < -0.3 is 9.68 Å². The third kappa shape index (κ3) is 1.91. The number of rotatable bonds is 2. The summed E-state index contributed by atoms with van der Waals surface area (Å²) < 4.78 is 17.7. The van der Waals surface area contributed by atoms with E-state index < -0.39 is 5.82 Å². The molecule has 6 heteroatoms. The molecular weight excluding hydrogens is 249 g/mol. The van der Waals surface area contributed by atoms with Crippen molar-refractivity contribution in [2.45, 2.75) is 0 Å². The summed E-state index contributed by atoms with van der Waals surface area (Å²) in [6.07, 6.45) is 0. The van der Waals surface area contributed by atoms with Crippen molar-refractivity contribution in [1.29, 1.82) is 0 Å². The third-order valence-corrected chi connectivity index (χ3v) is 2.08. The monoisotopic (exact) mass is 251 g/mol. The van der Waals surface area contributed by atoms with Gasteiger partial charge in [0.15, 0.2) is 11.6 Å². The molecule has 0 heterocycles. The Morgan fingerprint density at radius 2 is 2.25 bits per heavy atom. The summed E-state index contributed by atoms with van der Waals surface area (Å²) in [5.74, 6) is -0.846. The molecular formula is C6H3BBrClFO2. The van der Waals surface area contributed by atoms with E-state index in [2.05, 4.69) is 20.6 Å². The summed E-state index contributed by atoms with van der Waals surface area (Å²) in [4.78, 5) is 0. The minimum absolute atomic E-state index is 0.0981. The minimum Gasteiger partial charge on any atom is -0.534 e. The van der Waals surface area contributed by atoms with E-state index in [9.17, 15) is 4.39 Å². The maximum atomic E-state index is 13.1. The first kappa shape index (κ1) is 9.83. The Morgan fingerprint density at radius 3 is 2.83 bits per heavy atom. The van der Waals surface area contributed by atoms with Gasteiger partial charge in [-0.3, -0.25) is 0 Å². The second-order valence-electron chi connectivity index (χ2n) is 1.90. The van der Waals surface area contributed by atoms with Gasteiger partial charge in [-0.2, -0.15) is 0 Å². The van der Waals surface area contributed by atoms with Crippen LogP contribution in [0.1, 0.15) is 0 Å². The van der Waals surface area contributed by atoms with Crippen LogP contribution in [-0.4, -0.2) is 12.7 Å². The van der Waals surface area contributed by atoms with Crippen molar-refractivity contribution in [3.63, 3.8) is 0 Å². The fraction of sp³-hybridized carbons (Fsp3) is 0. The SMILES string of the molecule is O[B]Oc1c(Cl)ccc(Br)c1F. The number of benzene rings is 1. The molecule has 1 rings (SSSR count). The highest BCUT2D eigenvalue weighted by atomic mass is 79.9. The van der Waals surface area contributed by atoms with E-state index in [4.69, 9.17) is 16.6 Å². The van der Waals surface area contributed by atoms with Gasteiger partial charge in [0.1, 0.15) is 0 Å². The van der Waals surface area contributed by atoms with Crippen molar-refractivity contribution >= 4 is 35.2 Å². The van der Waals surface area contributed by atoms with Gasteiger partial charge in [-0.25, -0.2) is 4.39 Å². The first-order valence-electron chi connectivity index (χ1n) is 2.93. The number of hydrogen-bond donors (Lipinski definition) is 1. The molecule has 12 heavy (non-hydrogen) atoms. The summed E-state index contributed by atoms with van der Waals surface area (Å²) in [5.41, 5.74) is 0. The van der Waals surface area contributed by atoms with Gasteiger partial charge >= 0.3 is 7.69 Å². The average Bonchev–Trinajstić information content (AvgIpc) is 2.06. The molecule has 0 aliphatic heterocycles. The van der Waals surface area contributed by atoms with Crippen molar-refractivity contribution < 1.29 is 14.1 Å². The predicted octanol–water partition coefficient (Wildman–Crippen LogP) is 2.15. The lowest BCUT2D eigenvalue weighted by Gasteiger charge is -2.06. The quantitative estimate of drug-likeness (QED) is 0.645. The van der Waals surface area contributed by atoms with E-state index >= 15 is 0 Å². The molecule has 0 spiro atoms. The lowest BCUT2D eigenvalue weighted by molar-refractivity contribution is 0.430. The Bertz CT molecular complexity index is 297. The van der Waals surface area contributed by atoms with E-state index in [1.54, 1.807) is 0 Å². The fourth-order valence-electron chi connectivity index (χ4n) is 0.669. The van der Waals surface area contributed by atoms with Crippen molar-refractivity contribution in [3.8, 4) is 5.75 Å². The molecule has 0 bridgehead atoms. The van der Waals surface area contributed by atoms with Crippen molar-refractivity contribution in [3.05, 3.63) is 27.4 Å². The van der Waals surface area contributed by atoms with E-state index in [1.807, 2.05) is 0 Å². The van der Waals surface area contributed by atoms with E-state index in [-0.39, 0.29) is 15.2 Å². The number of hydrogen-bond acceptors (Lipinski definition) is 2. The lowest BCUT2D eigenvalue weighted by Crippen LogP contribution is -2.02. The van der Waals surface area contributed by atoms with Gasteiger partial charge in [-0.1, -0.05) is 11.6 Å². The zero-order chi connectivity index (χ0) is 9.14. The highest BCUT2D eigenvalue weighted by Crippen LogP contribution is 2.32.